The summed E-state index contributed by atoms with van der Waals surface area (Å²) in [6.07, 6.45) is 4.96. The molecule has 0 bridgehead atoms. The van der Waals surface area contributed by atoms with Crippen LogP contribution < -0.4 is 0 Å². The molecular formula is C11H17N3. The lowest BCUT2D eigenvalue weighted by atomic mass is 10.1. The van der Waals surface area contributed by atoms with Crippen molar-refractivity contribution >= 4 is 5.78 Å². The van der Waals surface area contributed by atoms with E-state index in [0.717, 1.165) is 12.2 Å². The van der Waals surface area contributed by atoms with Crippen molar-refractivity contribution in [1.82, 2.24) is 14.0 Å². The highest BCUT2D eigenvalue weighted by Gasteiger charge is 2.16. The molecule has 3 nitrogen and oxygen atoms in total. The third kappa shape index (κ3) is 1.08. The Hall–Kier alpha value is -1.25. The van der Waals surface area contributed by atoms with Gasteiger partial charge in [-0.1, -0.05) is 20.8 Å². The third-order valence-corrected chi connectivity index (χ3v) is 2.75. The molecule has 0 unspecified atom stereocenters. The van der Waals surface area contributed by atoms with Crippen LogP contribution >= 0.6 is 0 Å². The average molecular weight is 191 g/mol. The molecule has 0 aliphatic carbocycles. The van der Waals surface area contributed by atoms with Crippen LogP contribution in [0.1, 0.15) is 38.1 Å². The highest BCUT2D eigenvalue weighted by Crippen LogP contribution is 2.23. The zero-order chi connectivity index (χ0) is 10.3. The highest BCUT2D eigenvalue weighted by atomic mass is 15.2. The Labute approximate surface area is 84.4 Å². The largest absolute Gasteiger partial charge is 0.316 e. The smallest absolute Gasteiger partial charge is 0.214 e. The first kappa shape index (κ1) is 9.31. The van der Waals surface area contributed by atoms with Gasteiger partial charge in [-0.3, -0.25) is 4.40 Å². The Bertz CT molecular complexity index is 448. The normalized spacial score (nSPS) is 11.8. The van der Waals surface area contributed by atoms with Gasteiger partial charge in [0.1, 0.15) is 0 Å². The van der Waals surface area contributed by atoms with Gasteiger partial charge in [0.2, 0.25) is 5.78 Å². The van der Waals surface area contributed by atoms with Crippen molar-refractivity contribution in [2.75, 3.05) is 0 Å². The summed E-state index contributed by atoms with van der Waals surface area (Å²) in [5, 5.41) is 0. The molecule has 0 N–H and O–H groups in total. The van der Waals surface area contributed by atoms with Crippen LogP contribution in [-0.4, -0.2) is 14.0 Å². The van der Waals surface area contributed by atoms with Gasteiger partial charge >= 0.3 is 0 Å². The van der Waals surface area contributed by atoms with Crippen LogP contribution in [0.3, 0.4) is 0 Å². The van der Waals surface area contributed by atoms with Gasteiger partial charge in [0.25, 0.3) is 0 Å². The lowest BCUT2D eigenvalue weighted by molar-refractivity contribution is 0.735. The van der Waals surface area contributed by atoms with Crippen molar-refractivity contribution in [1.29, 1.82) is 0 Å². The number of aromatic nitrogens is 3. The Morgan fingerprint density at radius 1 is 1.43 bits per heavy atom. The van der Waals surface area contributed by atoms with Crippen LogP contribution in [0.5, 0.6) is 0 Å². The fourth-order valence-corrected chi connectivity index (χ4v) is 2.25. The maximum absolute atomic E-state index is 4.36. The first-order valence-electron chi connectivity index (χ1n) is 5.17. The van der Waals surface area contributed by atoms with Crippen molar-refractivity contribution < 1.29 is 0 Å². The molecule has 0 spiro atoms. The van der Waals surface area contributed by atoms with Crippen molar-refractivity contribution in [3.05, 3.63) is 23.8 Å². The van der Waals surface area contributed by atoms with E-state index in [2.05, 4.69) is 41.8 Å². The fraction of sp³-hybridized carbons (Fsp3) is 0.545. The van der Waals surface area contributed by atoms with Gasteiger partial charge in [-0.2, -0.15) is 0 Å². The molecule has 0 aliphatic rings. The standard InChI is InChI=1S/C11H17N3/c1-5-9-10(8(2)3)13(4)11-12-6-7-14(9)11/h6-8H,5H2,1-4H3. The van der Waals surface area contributed by atoms with E-state index in [1.165, 1.54) is 11.4 Å². The summed E-state index contributed by atoms with van der Waals surface area (Å²) >= 11 is 0. The minimum absolute atomic E-state index is 0.552. The number of nitrogens with zero attached hydrogens (tertiary/aromatic N) is 3. The van der Waals surface area contributed by atoms with Crippen molar-refractivity contribution in [2.24, 2.45) is 7.05 Å². The van der Waals surface area contributed by atoms with E-state index >= 15 is 0 Å². The second-order valence-electron chi connectivity index (χ2n) is 4.00. The van der Waals surface area contributed by atoms with E-state index in [1.54, 1.807) is 0 Å². The van der Waals surface area contributed by atoms with E-state index in [9.17, 15) is 0 Å². The summed E-state index contributed by atoms with van der Waals surface area (Å²) in [5.41, 5.74) is 2.78. The van der Waals surface area contributed by atoms with Gasteiger partial charge in [0.05, 0.1) is 0 Å². The lowest BCUT2D eigenvalue weighted by Crippen LogP contribution is -2.01. The van der Waals surface area contributed by atoms with Crippen LogP contribution in [0.2, 0.25) is 0 Å². The Morgan fingerprint density at radius 2 is 2.14 bits per heavy atom. The molecule has 0 amide bonds. The number of imidazole rings is 2. The molecule has 0 saturated carbocycles. The quantitative estimate of drug-likeness (QED) is 0.714. The Morgan fingerprint density at radius 3 is 2.71 bits per heavy atom. The number of rotatable bonds is 2. The predicted molar refractivity (Wildman–Crippen MR) is 57.6 cm³/mol. The summed E-state index contributed by atoms with van der Waals surface area (Å²) in [7, 11) is 2.09. The minimum atomic E-state index is 0.552. The van der Waals surface area contributed by atoms with Gasteiger partial charge in [-0.15, -0.1) is 0 Å². The molecule has 0 aromatic carbocycles. The van der Waals surface area contributed by atoms with E-state index in [-0.39, 0.29) is 0 Å². The van der Waals surface area contributed by atoms with Crippen molar-refractivity contribution in [3.8, 4) is 0 Å². The van der Waals surface area contributed by atoms with E-state index in [4.69, 9.17) is 0 Å². The molecule has 2 aromatic rings. The molecule has 0 saturated heterocycles. The first-order valence-corrected chi connectivity index (χ1v) is 5.17. The zero-order valence-electron chi connectivity index (χ0n) is 9.28. The summed E-state index contributed by atoms with van der Waals surface area (Å²) in [4.78, 5) is 4.36. The van der Waals surface area contributed by atoms with Gasteiger partial charge in [0, 0.05) is 30.8 Å². The van der Waals surface area contributed by atoms with E-state index < -0.39 is 0 Å². The minimum Gasteiger partial charge on any atom is -0.316 e. The molecular weight excluding hydrogens is 174 g/mol. The molecule has 0 aliphatic heterocycles. The van der Waals surface area contributed by atoms with E-state index in [1.807, 2.05) is 12.4 Å². The van der Waals surface area contributed by atoms with Gasteiger partial charge in [-0.25, -0.2) is 4.98 Å². The molecule has 14 heavy (non-hydrogen) atoms. The second kappa shape index (κ2) is 3.15. The summed E-state index contributed by atoms with van der Waals surface area (Å²) in [6.45, 7) is 6.66. The number of fused-ring (bicyclic) bond motifs is 1. The molecule has 0 radical (unpaired) electrons. The van der Waals surface area contributed by atoms with Crippen LogP contribution in [0, 0.1) is 0 Å². The van der Waals surface area contributed by atoms with Gasteiger partial charge in [0.15, 0.2) is 0 Å². The monoisotopic (exact) mass is 191 g/mol. The SMILES string of the molecule is CCc1c(C(C)C)n(C)c2nccn12. The molecule has 3 heteroatoms. The van der Waals surface area contributed by atoms with Gasteiger partial charge in [-0.05, 0) is 12.3 Å². The van der Waals surface area contributed by atoms with Crippen LogP contribution in [-0.2, 0) is 13.5 Å². The Balaban J connectivity index is 2.79. The number of aryl methyl sites for hydroxylation is 2. The topological polar surface area (TPSA) is 22.2 Å². The summed E-state index contributed by atoms with van der Waals surface area (Å²) in [6, 6.07) is 0. The molecule has 0 atom stereocenters. The molecule has 0 fully saturated rings. The lowest BCUT2D eigenvalue weighted by Gasteiger charge is -2.08. The summed E-state index contributed by atoms with van der Waals surface area (Å²) < 4.78 is 4.39. The molecule has 2 rings (SSSR count). The molecule has 2 heterocycles. The number of hydrogen-bond acceptors (Lipinski definition) is 1. The molecule has 76 valence electrons. The van der Waals surface area contributed by atoms with Crippen molar-refractivity contribution in [2.45, 2.75) is 33.1 Å². The third-order valence-electron chi connectivity index (χ3n) is 2.75. The first-order chi connectivity index (χ1) is 6.66. The van der Waals surface area contributed by atoms with Crippen LogP contribution in [0.15, 0.2) is 12.4 Å². The maximum Gasteiger partial charge on any atom is 0.214 e. The van der Waals surface area contributed by atoms with Crippen molar-refractivity contribution in [3.63, 3.8) is 0 Å². The number of hydrogen-bond donors (Lipinski definition) is 0. The maximum atomic E-state index is 4.36. The van der Waals surface area contributed by atoms with Crippen LogP contribution in [0.4, 0.5) is 0 Å². The highest BCUT2D eigenvalue weighted by molar-refractivity contribution is 5.39. The average Bonchev–Trinajstić information content (AvgIpc) is 2.67. The zero-order valence-corrected chi connectivity index (χ0v) is 9.28. The van der Waals surface area contributed by atoms with E-state index in [0.29, 0.717) is 5.92 Å². The second-order valence-corrected chi connectivity index (χ2v) is 4.00. The van der Waals surface area contributed by atoms with Gasteiger partial charge < -0.3 is 4.57 Å². The fourth-order valence-electron chi connectivity index (χ4n) is 2.25. The summed E-state index contributed by atoms with van der Waals surface area (Å²) in [5.74, 6) is 1.60. The van der Waals surface area contributed by atoms with Crippen LogP contribution in [0.25, 0.3) is 5.78 Å². The Kier molecular flexibility index (Phi) is 2.10. The molecule has 2 aromatic heterocycles. The predicted octanol–water partition coefficient (Wildman–Crippen LogP) is 2.36.